The van der Waals surface area contributed by atoms with E-state index >= 15 is 0 Å². The molecule has 6 heteroatoms. The first-order chi connectivity index (χ1) is 9.20. The van der Waals surface area contributed by atoms with Crippen LogP contribution in [0.5, 0.6) is 0 Å². The highest BCUT2D eigenvalue weighted by Gasteiger charge is 2.54. The number of hydrogen-bond donors (Lipinski definition) is 1. The lowest BCUT2D eigenvalue weighted by atomic mass is 10.0. The van der Waals surface area contributed by atoms with Crippen molar-refractivity contribution in [3.8, 4) is 0 Å². The number of esters is 2. The van der Waals surface area contributed by atoms with Crippen LogP contribution in [0.4, 0.5) is 0 Å². The summed E-state index contributed by atoms with van der Waals surface area (Å²) in [4.78, 5) is 22.7. The molecule has 19 heavy (non-hydrogen) atoms. The van der Waals surface area contributed by atoms with Gasteiger partial charge in [-0.1, -0.05) is 30.3 Å². The van der Waals surface area contributed by atoms with Crippen LogP contribution in [0.15, 0.2) is 30.3 Å². The normalized spacial score (nSPS) is 30.2. The van der Waals surface area contributed by atoms with Gasteiger partial charge in [-0.25, -0.2) is 9.59 Å². The Hall–Kier alpha value is -1.92. The summed E-state index contributed by atoms with van der Waals surface area (Å²) in [5.41, 5.74) is 0.932. The fraction of sp³-hybridized carbons (Fsp3) is 0.385. The van der Waals surface area contributed by atoms with Crippen LogP contribution in [-0.2, 0) is 30.2 Å². The number of carbonyl (C=O) groups is 2. The summed E-state index contributed by atoms with van der Waals surface area (Å²) >= 11 is 0. The van der Waals surface area contributed by atoms with E-state index in [4.69, 9.17) is 14.2 Å². The minimum Gasteiger partial charge on any atom is -0.431 e. The fourth-order valence-electron chi connectivity index (χ4n) is 2.27. The van der Waals surface area contributed by atoms with Gasteiger partial charge in [0.25, 0.3) is 5.79 Å². The average Bonchev–Trinajstić information content (AvgIpc) is 2.41. The number of morpholine rings is 1. The molecule has 3 rings (SSSR count). The van der Waals surface area contributed by atoms with E-state index in [0.717, 1.165) is 5.56 Å². The van der Waals surface area contributed by atoms with E-state index in [-0.39, 0.29) is 0 Å². The molecule has 6 nitrogen and oxygen atoms in total. The zero-order valence-electron chi connectivity index (χ0n) is 10.1. The van der Waals surface area contributed by atoms with Gasteiger partial charge in [0.05, 0.1) is 6.61 Å². The Bertz CT molecular complexity index is 503. The molecule has 1 aromatic carbocycles. The van der Waals surface area contributed by atoms with Gasteiger partial charge < -0.3 is 14.2 Å². The molecule has 0 radical (unpaired) electrons. The maximum Gasteiger partial charge on any atom is 0.420 e. The number of ether oxygens (including phenoxy) is 3. The highest BCUT2D eigenvalue weighted by Crippen LogP contribution is 2.30. The monoisotopic (exact) mass is 263 g/mol. The van der Waals surface area contributed by atoms with Crippen LogP contribution in [0.1, 0.15) is 5.56 Å². The summed E-state index contributed by atoms with van der Waals surface area (Å²) in [7, 11) is 0. The standard InChI is InChI=1S/C13H13NO5/c15-10-11(16)19-13(8-9-4-2-1-3-5-9)12(18-10)14-6-7-17-13/h1-5,12,14H,6-8H2. The van der Waals surface area contributed by atoms with E-state index in [9.17, 15) is 9.59 Å². The molecule has 0 aromatic heterocycles. The van der Waals surface area contributed by atoms with Crippen molar-refractivity contribution < 1.29 is 23.8 Å². The Morgan fingerprint density at radius 1 is 1.21 bits per heavy atom. The van der Waals surface area contributed by atoms with Crippen molar-refractivity contribution in [2.24, 2.45) is 0 Å². The quantitative estimate of drug-likeness (QED) is 0.596. The topological polar surface area (TPSA) is 73.9 Å². The van der Waals surface area contributed by atoms with Gasteiger partial charge in [-0.05, 0) is 5.56 Å². The number of carbonyl (C=O) groups excluding carboxylic acids is 2. The Morgan fingerprint density at radius 2 is 2.00 bits per heavy atom. The van der Waals surface area contributed by atoms with E-state index in [0.29, 0.717) is 19.6 Å². The molecule has 0 bridgehead atoms. The molecule has 2 saturated heterocycles. The van der Waals surface area contributed by atoms with Crippen LogP contribution in [0, 0.1) is 0 Å². The van der Waals surface area contributed by atoms with Gasteiger partial charge in [0.1, 0.15) is 0 Å². The lowest BCUT2D eigenvalue weighted by Crippen LogP contribution is -2.66. The van der Waals surface area contributed by atoms with Crippen molar-refractivity contribution >= 4 is 11.9 Å². The van der Waals surface area contributed by atoms with Gasteiger partial charge in [0.2, 0.25) is 6.23 Å². The Kier molecular flexibility index (Phi) is 2.96. The van der Waals surface area contributed by atoms with E-state index in [1.54, 1.807) is 0 Å². The van der Waals surface area contributed by atoms with Crippen LogP contribution in [0.25, 0.3) is 0 Å². The Labute approximate surface area is 109 Å². The second kappa shape index (κ2) is 4.64. The second-order valence-corrected chi connectivity index (χ2v) is 4.45. The van der Waals surface area contributed by atoms with Gasteiger partial charge in [-0.3, -0.25) is 5.32 Å². The number of rotatable bonds is 2. The minimum atomic E-state index is -1.27. The maximum atomic E-state index is 11.4. The van der Waals surface area contributed by atoms with Crippen molar-refractivity contribution in [2.45, 2.75) is 18.4 Å². The molecule has 0 saturated carbocycles. The largest absolute Gasteiger partial charge is 0.431 e. The number of fused-ring (bicyclic) bond motifs is 1. The van der Waals surface area contributed by atoms with E-state index < -0.39 is 24.0 Å². The summed E-state index contributed by atoms with van der Waals surface area (Å²) in [6, 6.07) is 9.45. The molecule has 100 valence electrons. The van der Waals surface area contributed by atoms with Crippen molar-refractivity contribution in [3.05, 3.63) is 35.9 Å². The molecule has 2 unspecified atom stereocenters. The maximum absolute atomic E-state index is 11.4. The molecular weight excluding hydrogens is 250 g/mol. The molecule has 1 N–H and O–H groups in total. The Morgan fingerprint density at radius 3 is 2.79 bits per heavy atom. The average molecular weight is 263 g/mol. The van der Waals surface area contributed by atoms with Crippen molar-refractivity contribution in [3.63, 3.8) is 0 Å². The summed E-state index contributed by atoms with van der Waals surface area (Å²) < 4.78 is 15.8. The van der Waals surface area contributed by atoms with E-state index in [2.05, 4.69) is 5.32 Å². The van der Waals surface area contributed by atoms with Crippen LogP contribution in [0.3, 0.4) is 0 Å². The van der Waals surface area contributed by atoms with Crippen molar-refractivity contribution in [1.29, 1.82) is 0 Å². The third kappa shape index (κ3) is 2.20. The summed E-state index contributed by atoms with van der Waals surface area (Å²) in [6.07, 6.45) is -0.448. The third-order valence-electron chi connectivity index (χ3n) is 3.13. The molecule has 2 heterocycles. The van der Waals surface area contributed by atoms with Crippen LogP contribution in [0.2, 0.25) is 0 Å². The molecule has 0 amide bonds. The molecule has 0 spiro atoms. The van der Waals surface area contributed by atoms with Gasteiger partial charge >= 0.3 is 11.9 Å². The summed E-state index contributed by atoms with van der Waals surface area (Å²) in [6.45, 7) is 0.917. The van der Waals surface area contributed by atoms with Crippen molar-refractivity contribution in [1.82, 2.24) is 5.32 Å². The first-order valence-corrected chi connectivity index (χ1v) is 6.05. The molecular formula is C13H13NO5. The molecule has 2 aliphatic heterocycles. The Balaban J connectivity index is 1.89. The highest BCUT2D eigenvalue weighted by molar-refractivity contribution is 6.30. The number of benzene rings is 1. The lowest BCUT2D eigenvalue weighted by molar-refractivity contribution is -0.310. The molecule has 2 fully saturated rings. The first kappa shape index (κ1) is 12.1. The molecule has 1 aromatic rings. The summed E-state index contributed by atoms with van der Waals surface area (Å²) in [5, 5.41) is 2.99. The molecule has 0 aliphatic carbocycles. The van der Waals surface area contributed by atoms with Gasteiger partial charge in [0, 0.05) is 13.0 Å². The zero-order chi connectivity index (χ0) is 13.3. The van der Waals surface area contributed by atoms with Gasteiger partial charge in [0.15, 0.2) is 0 Å². The van der Waals surface area contributed by atoms with Gasteiger partial charge in [-0.2, -0.15) is 0 Å². The first-order valence-electron chi connectivity index (χ1n) is 6.05. The van der Waals surface area contributed by atoms with E-state index in [1.165, 1.54) is 0 Å². The van der Waals surface area contributed by atoms with E-state index in [1.807, 2.05) is 30.3 Å². The lowest BCUT2D eigenvalue weighted by Gasteiger charge is -2.44. The molecule has 2 atom stereocenters. The predicted molar refractivity (Wildman–Crippen MR) is 62.8 cm³/mol. The minimum absolute atomic E-state index is 0.324. The van der Waals surface area contributed by atoms with Gasteiger partial charge in [-0.15, -0.1) is 0 Å². The predicted octanol–water partition coefficient (Wildman–Crippen LogP) is -0.0287. The smallest absolute Gasteiger partial charge is 0.420 e. The van der Waals surface area contributed by atoms with Crippen molar-refractivity contribution in [2.75, 3.05) is 13.2 Å². The SMILES string of the molecule is O=C1OC2NCCOC2(Cc2ccccc2)OC1=O. The highest BCUT2D eigenvalue weighted by atomic mass is 16.8. The zero-order valence-corrected chi connectivity index (χ0v) is 10.1. The van der Waals surface area contributed by atoms with Crippen LogP contribution in [-0.4, -0.2) is 37.1 Å². The summed E-state index contributed by atoms with van der Waals surface area (Å²) in [5.74, 6) is -3.28. The molecule has 2 aliphatic rings. The number of hydrogen-bond acceptors (Lipinski definition) is 6. The van der Waals surface area contributed by atoms with Crippen LogP contribution >= 0.6 is 0 Å². The fourth-order valence-corrected chi connectivity index (χ4v) is 2.27. The third-order valence-corrected chi connectivity index (χ3v) is 3.13. The van der Waals surface area contributed by atoms with Crippen LogP contribution < -0.4 is 5.32 Å². The number of nitrogens with one attached hydrogen (secondary N) is 1. The second-order valence-electron chi connectivity index (χ2n) is 4.45.